The fraction of sp³-hybridized carbons (Fsp3) is 0.179. The summed E-state index contributed by atoms with van der Waals surface area (Å²) in [6.45, 7) is 0. The van der Waals surface area contributed by atoms with E-state index in [1.54, 1.807) is 11.1 Å². The molecule has 6 atom stereocenters. The first-order valence-corrected chi connectivity index (χ1v) is 29.4. The molecule has 6 unspecified atom stereocenters. The van der Waals surface area contributed by atoms with Gasteiger partial charge in [0.1, 0.15) is 0 Å². The van der Waals surface area contributed by atoms with Crippen LogP contribution in [0.2, 0.25) is 0 Å². The molecular formula is C78H62N2. The lowest BCUT2D eigenvalue weighted by Crippen LogP contribution is -2.53. The number of aromatic nitrogens is 2. The van der Waals surface area contributed by atoms with Gasteiger partial charge in [-0.2, -0.15) is 0 Å². The van der Waals surface area contributed by atoms with E-state index in [4.69, 9.17) is 9.97 Å². The van der Waals surface area contributed by atoms with Crippen molar-refractivity contribution in [3.63, 3.8) is 0 Å². The van der Waals surface area contributed by atoms with Gasteiger partial charge in [0.15, 0.2) is 5.82 Å². The predicted octanol–water partition coefficient (Wildman–Crippen LogP) is 20.2. The van der Waals surface area contributed by atoms with Gasteiger partial charge in [0.2, 0.25) is 0 Å². The van der Waals surface area contributed by atoms with Crippen molar-refractivity contribution in [2.24, 2.45) is 0 Å². The molecule has 11 aromatic rings. The van der Waals surface area contributed by atoms with Crippen LogP contribution in [0.3, 0.4) is 0 Å². The van der Waals surface area contributed by atoms with Gasteiger partial charge in [-0.15, -0.1) is 0 Å². The van der Waals surface area contributed by atoms with Crippen LogP contribution in [0.15, 0.2) is 255 Å². The second kappa shape index (κ2) is 19.0. The minimum absolute atomic E-state index is 0.177. The van der Waals surface area contributed by atoms with Gasteiger partial charge in [0, 0.05) is 33.4 Å². The minimum Gasteiger partial charge on any atom is -0.228 e. The number of nitrogens with zero attached hydrogens (tertiary/aromatic N) is 2. The van der Waals surface area contributed by atoms with Gasteiger partial charge in [-0.3, -0.25) is 0 Å². The molecule has 2 saturated carbocycles. The van der Waals surface area contributed by atoms with Crippen molar-refractivity contribution < 1.29 is 0 Å². The average Bonchev–Trinajstić information content (AvgIpc) is 3.94. The number of hydrogen-bond donors (Lipinski definition) is 0. The molecule has 0 N–H and O–H groups in total. The van der Waals surface area contributed by atoms with Crippen molar-refractivity contribution in [3.8, 4) is 89.5 Å². The molecule has 0 saturated heterocycles. The third-order valence-electron chi connectivity index (χ3n) is 19.8. The molecule has 2 fully saturated rings. The zero-order valence-electron chi connectivity index (χ0n) is 45.1. The summed E-state index contributed by atoms with van der Waals surface area (Å²) in [5.41, 5.74) is 27.3. The second-order valence-corrected chi connectivity index (χ2v) is 23.9. The molecule has 2 nitrogen and oxygen atoms in total. The van der Waals surface area contributed by atoms with E-state index in [0.717, 1.165) is 59.6 Å². The Bertz CT molecular complexity index is 4160. The first-order chi connectivity index (χ1) is 39.6. The average molecular weight is 1030 g/mol. The molecule has 2 heteroatoms. The van der Waals surface area contributed by atoms with Crippen molar-refractivity contribution in [3.05, 3.63) is 288 Å². The van der Waals surface area contributed by atoms with Crippen molar-refractivity contribution in [2.75, 3.05) is 0 Å². The Morgan fingerprint density at radius 2 is 0.650 bits per heavy atom. The fourth-order valence-corrected chi connectivity index (χ4v) is 16.6. The van der Waals surface area contributed by atoms with E-state index in [0.29, 0.717) is 17.8 Å². The van der Waals surface area contributed by atoms with E-state index in [2.05, 4.69) is 255 Å². The van der Waals surface area contributed by atoms with E-state index >= 15 is 0 Å². The van der Waals surface area contributed by atoms with E-state index in [-0.39, 0.29) is 16.7 Å². The van der Waals surface area contributed by atoms with Crippen LogP contribution in [-0.4, -0.2) is 9.97 Å². The Morgan fingerprint density at radius 1 is 0.275 bits per heavy atom. The Morgan fingerprint density at radius 3 is 1.25 bits per heavy atom. The Hall–Kier alpha value is -8.72. The summed E-state index contributed by atoms with van der Waals surface area (Å²) >= 11 is 0. The highest BCUT2D eigenvalue weighted by Gasteiger charge is 2.62. The van der Waals surface area contributed by atoms with Crippen molar-refractivity contribution >= 4 is 0 Å². The van der Waals surface area contributed by atoms with Gasteiger partial charge in [0.05, 0.1) is 11.4 Å². The summed E-state index contributed by atoms with van der Waals surface area (Å²) in [4.78, 5) is 10.6. The highest BCUT2D eigenvalue weighted by molar-refractivity contribution is 5.84. The van der Waals surface area contributed by atoms with Gasteiger partial charge in [0.25, 0.3) is 0 Å². The van der Waals surface area contributed by atoms with Gasteiger partial charge in [-0.25, -0.2) is 9.97 Å². The smallest absolute Gasteiger partial charge is 0.160 e. The third-order valence-corrected chi connectivity index (χ3v) is 19.8. The monoisotopic (exact) mass is 1030 g/mol. The van der Waals surface area contributed by atoms with Crippen LogP contribution in [0, 0.1) is 0 Å². The SMILES string of the molecule is c1ccc(-c2ccc(-c3cc(-c4ccccc4)nc(-c4ccc(-c5ccc6c(c5)C57CC8CCCCC9CC(CC(C5)c5ccccc5-6)(c5ccccc5-c5ccccc59)C7c5ccccc5-c5ccccc58)cc4)n3)cc2)cc1. The third kappa shape index (κ3) is 7.59. The summed E-state index contributed by atoms with van der Waals surface area (Å²) in [5.74, 6) is 2.14. The van der Waals surface area contributed by atoms with E-state index in [1.165, 1.54) is 104 Å². The van der Waals surface area contributed by atoms with Gasteiger partial charge >= 0.3 is 0 Å². The minimum atomic E-state index is -0.221. The lowest BCUT2D eigenvalue weighted by Gasteiger charge is -2.60. The fourth-order valence-electron chi connectivity index (χ4n) is 16.6. The highest BCUT2D eigenvalue weighted by atomic mass is 14.9. The molecule has 384 valence electrons. The molecular weight excluding hydrogens is 965 g/mol. The topological polar surface area (TPSA) is 25.8 Å². The van der Waals surface area contributed by atoms with Crippen LogP contribution >= 0.6 is 0 Å². The summed E-state index contributed by atoms with van der Waals surface area (Å²) in [5, 5.41) is 0. The summed E-state index contributed by atoms with van der Waals surface area (Å²) in [6.07, 6.45) is 9.35. The lowest BCUT2D eigenvalue weighted by atomic mass is 9.42. The molecule has 1 aromatic heterocycles. The lowest BCUT2D eigenvalue weighted by molar-refractivity contribution is 0.0944. The summed E-state index contributed by atoms with van der Waals surface area (Å²) < 4.78 is 0. The number of rotatable bonds is 5. The number of hydrogen-bond acceptors (Lipinski definition) is 2. The zero-order chi connectivity index (χ0) is 52.8. The molecule has 2 spiro atoms. The van der Waals surface area contributed by atoms with Crippen LogP contribution in [-0.2, 0) is 10.8 Å². The Balaban J connectivity index is 0.899. The maximum Gasteiger partial charge on any atom is 0.160 e. The molecule has 6 bridgehead atoms. The van der Waals surface area contributed by atoms with Crippen LogP contribution in [0.25, 0.3) is 89.5 Å². The zero-order valence-corrected chi connectivity index (χ0v) is 45.1. The van der Waals surface area contributed by atoms with Gasteiger partial charge in [-0.05, 0) is 157 Å². The Labute approximate surface area is 471 Å². The molecule has 0 aliphatic heterocycles. The Kier molecular flexibility index (Phi) is 11.2. The van der Waals surface area contributed by atoms with Gasteiger partial charge in [-0.1, -0.05) is 255 Å². The molecule has 80 heavy (non-hydrogen) atoms. The maximum atomic E-state index is 5.32. The molecule has 0 radical (unpaired) electrons. The summed E-state index contributed by atoms with van der Waals surface area (Å²) in [7, 11) is 0. The molecule has 10 aromatic carbocycles. The molecule has 5 aliphatic carbocycles. The van der Waals surface area contributed by atoms with Crippen LogP contribution in [0.5, 0.6) is 0 Å². The van der Waals surface area contributed by atoms with Crippen molar-refractivity contribution in [1.82, 2.24) is 9.97 Å². The molecule has 5 aliphatic rings. The van der Waals surface area contributed by atoms with Crippen LogP contribution < -0.4 is 0 Å². The van der Waals surface area contributed by atoms with Crippen LogP contribution in [0.1, 0.15) is 108 Å². The first-order valence-electron chi connectivity index (χ1n) is 29.4. The normalized spacial score (nSPS) is 21.9. The van der Waals surface area contributed by atoms with Crippen LogP contribution in [0.4, 0.5) is 0 Å². The maximum absolute atomic E-state index is 5.32. The first kappa shape index (κ1) is 47.3. The molecule has 0 amide bonds. The van der Waals surface area contributed by atoms with E-state index < -0.39 is 0 Å². The number of benzene rings is 10. The quantitative estimate of drug-likeness (QED) is 0.172. The highest BCUT2D eigenvalue weighted by Crippen LogP contribution is 2.72. The van der Waals surface area contributed by atoms with E-state index in [1.807, 2.05) is 0 Å². The predicted molar refractivity (Wildman–Crippen MR) is 330 cm³/mol. The number of fused-ring (bicyclic) bond motifs is 15. The van der Waals surface area contributed by atoms with Crippen molar-refractivity contribution in [1.29, 1.82) is 0 Å². The largest absolute Gasteiger partial charge is 0.228 e. The standard InChI is InChI=1S/C78H62N2/c1-3-19-51(20-4-1)52-35-39-55(40-36-52)74-46-73(54-21-5-2-6-22-54)79-76(80-74)56-41-37-53(38-42-56)57-43-44-69-66-30-14-11-27-63(66)60-49-77-47-58(62-26-10-13-29-65(62)68-32-17-18-34-71(68)77)23-7-8-24-59-48-78(50-60,72(69)45-57)75(77)70-33-16-15-31-67(70)64-28-12-9-25-61(59)64/h1-6,9-22,25-46,58-60,75H,7-8,23-24,47-50H2. The second-order valence-electron chi connectivity index (χ2n) is 23.9. The molecule has 1 heterocycles. The van der Waals surface area contributed by atoms with E-state index in [9.17, 15) is 0 Å². The van der Waals surface area contributed by atoms with Crippen molar-refractivity contribution in [2.45, 2.75) is 85.9 Å². The summed E-state index contributed by atoms with van der Waals surface area (Å²) in [6, 6.07) is 97.1. The van der Waals surface area contributed by atoms with Gasteiger partial charge < -0.3 is 0 Å². The molecule has 16 rings (SSSR count).